The standard InChI is InChI=1S/C15H19N3O5S/c1-8(19)22-5-9-7-24-13-11(17-16)12(20)18(13)10(9)6-23-14(21)15(2,3)4/h13H,5-7H2,1-4H3/p+1/t13-/m1/s1. The van der Waals surface area contributed by atoms with E-state index in [2.05, 4.69) is 4.98 Å². The SMILES string of the molecule is CC(=O)OCC1=C(COC(=O)C(C)(C)C)N2C(O)=C([N+]#N)[C@H]2SC1. The number of carbonyl (C=O) groups excluding carboxylic acids is 2. The first-order valence-corrected chi connectivity index (χ1v) is 8.42. The molecule has 130 valence electrons. The Kier molecular flexibility index (Phi) is 5.08. The summed E-state index contributed by atoms with van der Waals surface area (Å²) in [5, 5.41) is 18.6. The van der Waals surface area contributed by atoms with E-state index in [4.69, 9.17) is 14.9 Å². The second-order valence-corrected chi connectivity index (χ2v) is 7.57. The van der Waals surface area contributed by atoms with Crippen molar-refractivity contribution >= 4 is 23.7 Å². The molecule has 0 saturated heterocycles. The molecule has 0 radical (unpaired) electrons. The molecule has 0 saturated carbocycles. The molecule has 0 aromatic rings. The van der Waals surface area contributed by atoms with Crippen LogP contribution in [0.1, 0.15) is 27.7 Å². The summed E-state index contributed by atoms with van der Waals surface area (Å²) in [4.78, 5) is 27.7. The fourth-order valence-corrected chi connectivity index (χ4v) is 3.48. The van der Waals surface area contributed by atoms with E-state index in [0.29, 0.717) is 11.4 Å². The van der Waals surface area contributed by atoms with Gasteiger partial charge in [-0.15, -0.1) is 11.8 Å². The minimum atomic E-state index is -0.655. The van der Waals surface area contributed by atoms with Crippen LogP contribution in [0.4, 0.5) is 0 Å². The highest BCUT2D eigenvalue weighted by atomic mass is 32.2. The number of diazo groups is 1. The number of hydrogen-bond donors (Lipinski definition) is 1. The van der Waals surface area contributed by atoms with Gasteiger partial charge in [-0.05, 0) is 20.8 Å². The number of carbonyl (C=O) groups is 2. The molecular formula is C15H20N3O5S+. The Labute approximate surface area is 144 Å². The minimum Gasteiger partial charge on any atom is -0.489 e. The molecule has 2 aliphatic heterocycles. The summed E-state index contributed by atoms with van der Waals surface area (Å²) in [5.41, 5.74) is 0.795. The molecule has 9 heteroatoms. The quantitative estimate of drug-likeness (QED) is 0.606. The topological polar surface area (TPSA) is 104 Å². The van der Waals surface area contributed by atoms with Gasteiger partial charge in [0.15, 0.2) is 10.3 Å². The maximum atomic E-state index is 12.0. The monoisotopic (exact) mass is 354 g/mol. The predicted molar refractivity (Wildman–Crippen MR) is 86.9 cm³/mol. The summed E-state index contributed by atoms with van der Waals surface area (Å²) in [6.45, 7) is 6.52. The molecule has 0 amide bonds. The molecule has 0 bridgehead atoms. The predicted octanol–water partition coefficient (Wildman–Crippen LogP) is 2.36. The maximum absolute atomic E-state index is 12.0. The molecule has 2 aliphatic rings. The number of aliphatic hydroxyl groups excluding tert-OH is 1. The Balaban J connectivity index is 2.23. The van der Waals surface area contributed by atoms with Crippen LogP contribution in [0, 0.1) is 10.8 Å². The van der Waals surface area contributed by atoms with Gasteiger partial charge in [0.1, 0.15) is 13.2 Å². The molecule has 24 heavy (non-hydrogen) atoms. The zero-order chi connectivity index (χ0) is 18.1. The first kappa shape index (κ1) is 18.1. The van der Waals surface area contributed by atoms with Crippen molar-refractivity contribution in [1.29, 1.82) is 5.39 Å². The van der Waals surface area contributed by atoms with Crippen LogP contribution in [-0.2, 0) is 19.1 Å². The van der Waals surface area contributed by atoms with E-state index in [-0.39, 0.29) is 36.1 Å². The van der Waals surface area contributed by atoms with Gasteiger partial charge in [0.25, 0.3) is 5.88 Å². The van der Waals surface area contributed by atoms with Crippen LogP contribution < -0.4 is 0 Å². The Morgan fingerprint density at radius 1 is 1.38 bits per heavy atom. The number of rotatable bonds is 4. The van der Waals surface area contributed by atoms with Gasteiger partial charge in [0.2, 0.25) is 5.39 Å². The second-order valence-electron chi connectivity index (χ2n) is 6.50. The van der Waals surface area contributed by atoms with Crippen LogP contribution in [0.25, 0.3) is 4.98 Å². The van der Waals surface area contributed by atoms with Crippen molar-refractivity contribution in [2.75, 3.05) is 19.0 Å². The van der Waals surface area contributed by atoms with Crippen LogP contribution in [-0.4, -0.2) is 46.3 Å². The molecule has 1 atom stereocenters. The minimum absolute atomic E-state index is 0.0484. The lowest BCUT2D eigenvalue weighted by Gasteiger charge is -2.40. The molecular weight excluding hydrogens is 334 g/mol. The number of nitrogens with zero attached hydrogens (tertiary/aromatic N) is 3. The highest BCUT2D eigenvalue weighted by Crippen LogP contribution is 2.45. The van der Waals surface area contributed by atoms with Crippen molar-refractivity contribution in [2.24, 2.45) is 5.41 Å². The van der Waals surface area contributed by atoms with Gasteiger partial charge < -0.3 is 14.6 Å². The molecule has 0 spiro atoms. The normalized spacial score (nSPS) is 20.1. The van der Waals surface area contributed by atoms with Crippen molar-refractivity contribution in [3.05, 3.63) is 27.8 Å². The Hall–Kier alpha value is -2.21. The zero-order valence-corrected chi connectivity index (χ0v) is 14.8. The van der Waals surface area contributed by atoms with Crippen LogP contribution in [0.2, 0.25) is 0 Å². The summed E-state index contributed by atoms with van der Waals surface area (Å²) >= 11 is 1.42. The molecule has 2 heterocycles. The fourth-order valence-electron chi connectivity index (χ4n) is 2.19. The summed E-state index contributed by atoms with van der Waals surface area (Å²) in [5.74, 6) is -0.497. The van der Waals surface area contributed by atoms with Crippen molar-refractivity contribution in [3.8, 4) is 0 Å². The van der Waals surface area contributed by atoms with Gasteiger partial charge in [-0.2, -0.15) is 0 Å². The van der Waals surface area contributed by atoms with Crippen LogP contribution >= 0.6 is 11.8 Å². The van der Waals surface area contributed by atoms with E-state index in [0.717, 1.165) is 5.57 Å². The van der Waals surface area contributed by atoms with E-state index >= 15 is 0 Å². The lowest BCUT2D eigenvalue weighted by atomic mass is 9.97. The smallest absolute Gasteiger partial charge is 0.453 e. The fraction of sp³-hybridized carbons (Fsp3) is 0.600. The lowest BCUT2D eigenvalue weighted by Crippen LogP contribution is -2.47. The van der Waals surface area contributed by atoms with E-state index in [1.807, 2.05) is 0 Å². The van der Waals surface area contributed by atoms with E-state index in [9.17, 15) is 14.7 Å². The van der Waals surface area contributed by atoms with Crippen LogP contribution in [0.3, 0.4) is 0 Å². The summed E-state index contributed by atoms with van der Waals surface area (Å²) < 4.78 is 10.4. The van der Waals surface area contributed by atoms with Crippen molar-refractivity contribution < 1.29 is 24.2 Å². The van der Waals surface area contributed by atoms with Crippen LogP contribution in [0.15, 0.2) is 22.9 Å². The zero-order valence-electron chi connectivity index (χ0n) is 14.0. The largest absolute Gasteiger partial charge is 0.489 e. The molecule has 1 N–H and O–H groups in total. The van der Waals surface area contributed by atoms with Gasteiger partial charge in [0, 0.05) is 18.2 Å². The first-order valence-electron chi connectivity index (χ1n) is 7.37. The highest BCUT2D eigenvalue weighted by Gasteiger charge is 2.53. The van der Waals surface area contributed by atoms with Gasteiger partial charge in [-0.1, -0.05) is 0 Å². The third kappa shape index (κ3) is 3.48. The number of ether oxygens (including phenoxy) is 2. The molecule has 0 aromatic carbocycles. The van der Waals surface area contributed by atoms with E-state index in [1.54, 1.807) is 20.8 Å². The average Bonchev–Trinajstić information content (AvgIpc) is 2.49. The van der Waals surface area contributed by atoms with Gasteiger partial charge in [0.05, 0.1) is 11.1 Å². The summed E-state index contributed by atoms with van der Waals surface area (Å²) in [7, 11) is 0. The first-order chi connectivity index (χ1) is 11.2. The Morgan fingerprint density at radius 3 is 2.58 bits per heavy atom. The van der Waals surface area contributed by atoms with Gasteiger partial charge in [-0.25, -0.2) is 0 Å². The third-order valence-electron chi connectivity index (χ3n) is 3.55. The Bertz CT molecular complexity index is 672. The molecule has 0 unspecified atom stereocenters. The molecule has 0 aliphatic carbocycles. The molecule has 8 nitrogen and oxygen atoms in total. The second kappa shape index (κ2) is 6.73. The maximum Gasteiger partial charge on any atom is 0.453 e. The summed E-state index contributed by atoms with van der Waals surface area (Å²) in [6.07, 6.45) is 0. The highest BCUT2D eigenvalue weighted by molar-refractivity contribution is 8.00. The van der Waals surface area contributed by atoms with Crippen molar-refractivity contribution in [3.63, 3.8) is 0 Å². The number of esters is 2. The molecule has 0 aromatic heterocycles. The third-order valence-corrected chi connectivity index (χ3v) is 4.81. The van der Waals surface area contributed by atoms with Crippen LogP contribution in [0.5, 0.6) is 0 Å². The lowest BCUT2D eigenvalue weighted by molar-refractivity contribution is -0.152. The number of aliphatic hydroxyl groups is 1. The van der Waals surface area contributed by atoms with E-state index in [1.165, 1.54) is 23.6 Å². The van der Waals surface area contributed by atoms with Gasteiger partial charge in [-0.3, -0.25) is 14.5 Å². The van der Waals surface area contributed by atoms with Crippen molar-refractivity contribution in [2.45, 2.75) is 33.1 Å². The summed E-state index contributed by atoms with van der Waals surface area (Å²) in [6, 6.07) is 0. The number of fused-ring (bicyclic) bond motifs is 1. The average molecular weight is 354 g/mol. The molecule has 2 rings (SSSR count). The Morgan fingerprint density at radius 2 is 2.04 bits per heavy atom. The number of thioether (sulfide) groups is 1. The molecule has 0 fully saturated rings. The van der Waals surface area contributed by atoms with E-state index < -0.39 is 11.4 Å². The van der Waals surface area contributed by atoms with Crippen molar-refractivity contribution in [1.82, 2.24) is 4.90 Å². The number of hydrogen-bond acceptors (Lipinski definition) is 8. The van der Waals surface area contributed by atoms with Gasteiger partial charge >= 0.3 is 17.6 Å².